The van der Waals surface area contributed by atoms with Crippen LogP contribution in [0.5, 0.6) is 0 Å². The Morgan fingerprint density at radius 3 is 2.55 bits per heavy atom. The SMILES string of the molecule is Nc1nc(CN2CCN(C(=O)Cc3csc(-c4ccc(Cl)cc4)n3)CC2)nc2ccccc12. The number of hydrogen-bond donors (Lipinski definition) is 1. The number of thiazole rings is 1. The van der Waals surface area contributed by atoms with Gasteiger partial charge in [0.25, 0.3) is 0 Å². The number of amides is 1. The van der Waals surface area contributed by atoms with Gasteiger partial charge in [0.05, 0.1) is 24.2 Å². The second-order valence-electron chi connectivity index (χ2n) is 8.03. The van der Waals surface area contributed by atoms with Crippen LogP contribution in [0.3, 0.4) is 0 Å². The monoisotopic (exact) mass is 478 g/mol. The number of rotatable bonds is 5. The summed E-state index contributed by atoms with van der Waals surface area (Å²) in [4.78, 5) is 30.7. The number of carbonyl (C=O) groups excluding carboxylic acids is 1. The molecule has 0 atom stereocenters. The van der Waals surface area contributed by atoms with E-state index in [0.717, 1.165) is 40.3 Å². The lowest BCUT2D eigenvalue weighted by Crippen LogP contribution is -2.48. The van der Waals surface area contributed by atoms with Crippen molar-refractivity contribution in [1.29, 1.82) is 0 Å². The van der Waals surface area contributed by atoms with Gasteiger partial charge in [0.2, 0.25) is 5.91 Å². The van der Waals surface area contributed by atoms with Crippen LogP contribution in [-0.4, -0.2) is 56.8 Å². The maximum Gasteiger partial charge on any atom is 0.228 e. The molecule has 0 spiro atoms. The molecule has 0 aliphatic carbocycles. The van der Waals surface area contributed by atoms with Gasteiger partial charge in [-0.05, 0) is 24.3 Å². The van der Waals surface area contributed by atoms with Gasteiger partial charge >= 0.3 is 0 Å². The second-order valence-corrected chi connectivity index (χ2v) is 9.32. The van der Waals surface area contributed by atoms with Crippen molar-refractivity contribution in [1.82, 2.24) is 24.8 Å². The molecule has 0 bridgehead atoms. The van der Waals surface area contributed by atoms with E-state index in [2.05, 4.69) is 19.9 Å². The first kappa shape index (κ1) is 21.8. The number of aromatic nitrogens is 3. The molecule has 33 heavy (non-hydrogen) atoms. The number of halogens is 1. The normalized spacial score (nSPS) is 14.6. The van der Waals surface area contributed by atoms with Crippen LogP contribution in [0.4, 0.5) is 5.82 Å². The second kappa shape index (κ2) is 9.43. The van der Waals surface area contributed by atoms with Crippen molar-refractivity contribution in [2.45, 2.75) is 13.0 Å². The number of nitrogen functional groups attached to an aromatic ring is 1. The number of nitrogens with two attached hydrogens (primary N) is 1. The lowest BCUT2D eigenvalue weighted by molar-refractivity contribution is -0.132. The average Bonchev–Trinajstić information content (AvgIpc) is 3.28. The summed E-state index contributed by atoms with van der Waals surface area (Å²) in [5.74, 6) is 1.32. The lowest BCUT2D eigenvalue weighted by atomic mass is 10.2. The van der Waals surface area contributed by atoms with Crippen LogP contribution in [0.1, 0.15) is 11.5 Å². The molecule has 7 nitrogen and oxygen atoms in total. The van der Waals surface area contributed by atoms with E-state index in [9.17, 15) is 4.79 Å². The molecular weight excluding hydrogens is 456 g/mol. The average molecular weight is 479 g/mol. The highest BCUT2D eigenvalue weighted by Gasteiger charge is 2.23. The van der Waals surface area contributed by atoms with Gasteiger partial charge in [-0.1, -0.05) is 35.9 Å². The summed E-state index contributed by atoms with van der Waals surface area (Å²) in [6, 6.07) is 15.3. The van der Waals surface area contributed by atoms with Gasteiger partial charge in [-0.25, -0.2) is 15.0 Å². The van der Waals surface area contributed by atoms with Crippen molar-refractivity contribution < 1.29 is 4.79 Å². The van der Waals surface area contributed by atoms with E-state index in [1.165, 1.54) is 0 Å². The van der Waals surface area contributed by atoms with E-state index >= 15 is 0 Å². The van der Waals surface area contributed by atoms with E-state index < -0.39 is 0 Å². The van der Waals surface area contributed by atoms with Crippen molar-refractivity contribution in [2.75, 3.05) is 31.9 Å². The Hall–Kier alpha value is -3.07. The molecule has 1 aliphatic heterocycles. The molecule has 1 amide bonds. The number of anilines is 1. The van der Waals surface area contributed by atoms with Gasteiger partial charge in [-0.2, -0.15) is 0 Å². The topological polar surface area (TPSA) is 88.2 Å². The molecule has 0 saturated carbocycles. The van der Waals surface area contributed by atoms with Crippen LogP contribution in [0.2, 0.25) is 5.02 Å². The predicted octanol–water partition coefficient (Wildman–Crippen LogP) is 3.88. The molecule has 2 N–H and O–H groups in total. The largest absolute Gasteiger partial charge is 0.383 e. The Kier molecular flexibility index (Phi) is 6.22. The van der Waals surface area contributed by atoms with Gasteiger partial charge in [0.1, 0.15) is 16.6 Å². The quantitative estimate of drug-likeness (QED) is 0.468. The Bertz CT molecular complexity index is 1280. The van der Waals surface area contributed by atoms with Crippen molar-refractivity contribution in [2.24, 2.45) is 0 Å². The van der Waals surface area contributed by atoms with Crippen molar-refractivity contribution in [3.05, 3.63) is 70.5 Å². The van der Waals surface area contributed by atoms with Crippen LogP contribution in [0.25, 0.3) is 21.5 Å². The van der Waals surface area contributed by atoms with E-state index in [-0.39, 0.29) is 5.91 Å². The third kappa shape index (κ3) is 4.98. The Balaban J connectivity index is 1.16. The van der Waals surface area contributed by atoms with Crippen LogP contribution in [-0.2, 0) is 17.8 Å². The molecule has 1 aliphatic rings. The third-order valence-electron chi connectivity index (χ3n) is 5.74. The fourth-order valence-electron chi connectivity index (χ4n) is 3.96. The number of carbonyl (C=O) groups is 1. The van der Waals surface area contributed by atoms with Crippen LogP contribution in [0.15, 0.2) is 53.9 Å². The Labute approximate surface area is 200 Å². The standard InChI is InChI=1S/C24H23ClN6OS/c25-17-7-5-16(6-8-17)24-27-18(15-33-24)13-22(32)31-11-9-30(10-12-31)14-21-28-20-4-2-1-3-19(20)23(26)29-21/h1-8,15H,9-14H2,(H2,26,28,29). The first-order chi connectivity index (χ1) is 16.0. The van der Waals surface area contributed by atoms with Gasteiger partial charge in [-0.3, -0.25) is 9.69 Å². The molecule has 0 radical (unpaired) electrons. The first-order valence-electron chi connectivity index (χ1n) is 10.8. The number of para-hydroxylation sites is 1. The lowest BCUT2D eigenvalue weighted by Gasteiger charge is -2.34. The zero-order chi connectivity index (χ0) is 22.8. The summed E-state index contributed by atoms with van der Waals surface area (Å²) < 4.78 is 0. The summed E-state index contributed by atoms with van der Waals surface area (Å²) in [5.41, 5.74) is 8.78. The van der Waals surface area contributed by atoms with E-state index in [1.54, 1.807) is 11.3 Å². The van der Waals surface area contributed by atoms with Crippen LogP contribution < -0.4 is 5.73 Å². The molecule has 0 unspecified atom stereocenters. The molecule has 2 aromatic carbocycles. The van der Waals surface area contributed by atoms with Gasteiger partial charge in [-0.15, -0.1) is 11.3 Å². The fourth-order valence-corrected chi connectivity index (χ4v) is 4.91. The smallest absolute Gasteiger partial charge is 0.228 e. The molecule has 1 fully saturated rings. The minimum absolute atomic E-state index is 0.105. The molecule has 168 valence electrons. The number of benzene rings is 2. The molecule has 3 heterocycles. The molecular formula is C24H23ClN6OS. The summed E-state index contributed by atoms with van der Waals surface area (Å²) >= 11 is 7.50. The number of fused-ring (bicyclic) bond motifs is 1. The highest BCUT2D eigenvalue weighted by molar-refractivity contribution is 7.13. The maximum absolute atomic E-state index is 12.8. The number of piperazine rings is 1. The highest BCUT2D eigenvalue weighted by atomic mass is 35.5. The Morgan fingerprint density at radius 2 is 1.76 bits per heavy atom. The van der Waals surface area contributed by atoms with E-state index in [1.807, 2.05) is 58.8 Å². The van der Waals surface area contributed by atoms with Crippen LogP contribution >= 0.6 is 22.9 Å². The minimum atomic E-state index is 0.105. The Morgan fingerprint density at radius 1 is 1.00 bits per heavy atom. The van der Waals surface area contributed by atoms with Crippen molar-refractivity contribution in [3.8, 4) is 10.6 Å². The van der Waals surface area contributed by atoms with Crippen molar-refractivity contribution >= 4 is 45.6 Å². The van der Waals surface area contributed by atoms with Crippen LogP contribution in [0, 0.1) is 0 Å². The summed E-state index contributed by atoms with van der Waals surface area (Å²) in [7, 11) is 0. The van der Waals surface area contributed by atoms with Gasteiger partial charge in [0, 0.05) is 47.5 Å². The van der Waals surface area contributed by atoms with E-state index in [0.29, 0.717) is 42.7 Å². The first-order valence-corrected chi connectivity index (χ1v) is 12.0. The third-order valence-corrected chi connectivity index (χ3v) is 6.94. The molecule has 4 aromatic rings. The zero-order valence-electron chi connectivity index (χ0n) is 17.9. The maximum atomic E-state index is 12.8. The van der Waals surface area contributed by atoms with Gasteiger partial charge < -0.3 is 10.6 Å². The summed E-state index contributed by atoms with van der Waals surface area (Å²) in [6.45, 7) is 3.52. The minimum Gasteiger partial charge on any atom is -0.383 e. The number of hydrogen-bond acceptors (Lipinski definition) is 7. The molecule has 9 heteroatoms. The zero-order valence-corrected chi connectivity index (χ0v) is 19.5. The molecule has 5 rings (SSSR count). The van der Waals surface area contributed by atoms with Crippen molar-refractivity contribution in [3.63, 3.8) is 0 Å². The number of nitrogens with zero attached hydrogens (tertiary/aromatic N) is 5. The summed E-state index contributed by atoms with van der Waals surface area (Å²) in [5, 5.41) is 4.42. The summed E-state index contributed by atoms with van der Waals surface area (Å²) in [6.07, 6.45) is 0.314. The molecule has 2 aromatic heterocycles. The van der Waals surface area contributed by atoms with Gasteiger partial charge in [0.15, 0.2) is 0 Å². The highest BCUT2D eigenvalue weighted by Crippen LogP contribution is 2.25. The predicted molar refractivity (Wildman–Crippen MR) is 132 cm³/mol. The fraction of sp³-hybridized carbons (Fsp3) is 0.250. The molecule has 1 saturated heterocycles. The van der Waals surface area contributed by atoms with E-state index in [4.69, 9.17) is 17.3 Å².